The maximum absolute atomic E-state index is 2.37. The first-order valence-corrected chi connectivity index (χ1v) is 5.90. The maximum Gasteiger partial charge on any atom is -0.0159 e. The molecule has 0 radical (unpaired) electrons. The van der Waals surface area contributed by atoms with Crippen molar-refractivity contribution in [2.75, 3.05) is 0 Å². The molecule has 0 N–H and O–H groups in total. The number of aryl methyl sites for hydroxylation is 2. The summed E-state index contributed by atoms with van der Waals surface area (Å²) in [6.45, 7) is 4.50. The van der Waals surface area contributed by atoms with Crippen LogP contribution in [0.2, 0.25) is 0 Å². The Kier molecular flexibility index (Phi) is 2.90. The summed E-state index contributed by atoms with van der Waals surface area (Å²) >= 11 is 0. The fraction of sp³-hybridized carbons (Fsp3) is 0.571. The van der Waals surface area contributed by atoms with Crippen molar-refractivity contribution in [3.63, 3.8) is 0 Å². The van der Waals surface area contributed by atoms with E-state index in [2.05, 4.69) is 32.0 Å². The van der Waals surface area contributed by atoms with Crippen molar-refractivity contribution in [1.82, 2.24) is 0 Å². The molecular weight excluding hydrogens is 168 g/mol. The van der Waals surface area contributed by atoms with Gasteiger partial charge < -0.3 is 0 Å². The molecule has 0 unspecified atom stereocenters. The van der Waals surface area contributed by atoms with Crippen LogP contribution in [0.5, 0.6) is 0 Å². The highest BCUT2D eigenvalue weighted by atomic mass is 14.2. The minimum atomic E-state index is 0.862. The van der Waals surface area contributed by atoms with Crippen molar-refractivity contribution in [3.8, 4) is 0 Å². The van der Waals surface area contributed by atoms with Crippen LogP contribution < -0.4 is 0 Å². The highest BCUT2D eigenvalue weighted by Crippen LogP contribution is 2.35. The van der Waals surface area contributed by atoms with E-state index in [9.17, 15) is 0 Å². The van der Waals surface area contributed by atoms with Gasteiger partial charge in [0.2, 0.25) is 0 Å². The van der Waals surface area contributed by atoms with Gasteiger partial charge in [0, 0.05) is 0 Å². The molecule has 0 spiro atoms. The Hall–Kier alpha value is -0.780. The third-order valence-corrected chi connectivity index (χ3v) is 3.54. The monoisotopic (exact) mass is 188 g/mol. The summed E-state index contributed by atoms with van der Waals surface area (Å²) in [5.41, 5.74) is 4.60. The molecule has 1 aliphatic carbocycles. The van der Waals surface area contributed by atoms with Gasteiger partial charge in [-0.1, -0.05) is 38.0 Å². The van der Waals surface area contributed by atoms with E-state index in [1.165, 1.54) is 36.8 Å². The average Bonchev–Trinajstić information content (AvgIpc) is 2.70. The van der Waals surface area contributed by atoms with Crippen molar-refractivity contribution in [1.29, 1.82) is 0 Å². The van der Waals surface area contributed by atoms with Crippen LogP contribution in [0.15, 0.2) is 18.2 Å². The molecule has 0 amide bonds. The van der Waals surface area contributed by atoms with E-state index in [1.54, 1.807) is 5.56 Å². The summed E-state index contributed by atoms with van der Waals surface area (Å²) in [6.07, 6.45) is 6.84. The normalized spacial score (nSPS) is 17.6. The highest BCUT2D eigenvalue weighted by molar-refractivity contribution is 5.34. The van der Waals surface area contributed by atoms with Crippen LogP contribution >= 0.6 is 0 Å². The Morgan fingerprint density at radius 1 is 1.21 bits per heavy atom. The third-order valence-electron chi connectivity index (χ3n) is 3.54. The van der Waals surface area contributed by atoms with Crippen molar-refractivity contribution in [2.24, 2.45) is 0 Å². The molecule has 0 bridgehead atoms. The molecule has 0 aliphatic heterocycles. The van der Waals surface area contributed by atoms with Crippen molar-refractivity contribution < 1.29 is 0 Å². The third kappa shape index (κ3) is 1.84. The van der Waals surface area contributed by atoms with E-state index in [0.29, 0.717) is 0 Å². The molecule has 0 nitrogen and oxygen atoms in total. The van der Waals surface area contributed by atoms with Crippen molar-refractivity contribution >= 4 is 0 Å². The zero-order valence-corrected chi connectivity index (χ0v) is 9.34. The largest absolute Gasteiger partial charge is 0.0613 e. The Balaban J connectivity index is 2.25. The highest BCUT2D eigenvalue weighted by Gasteiger charge is 2.18. The number of hydrogen-bond donors (Lipinski definition) is 0. The predicted octanol–water partition coefficient (Wildman–Crippen LogP) is 4.22. The lowest BCUT2D eigenvalue weighted by Crippen LogP contribution is -1.96. The molecule has 0 saturated heterocycles. The second-order valence-electron chi connectivity index (χ2n) is 4.53. The minimum Gasteiger partial charge on any atom is -0.0613 e. The molecule has 0 atom stereocenters. The smallest absolute Gasteiger partial charge is 0.0159 e. The van der Waals surface area contributed by atoms with Gasteiger partial charge in [-0.25, -0.2) is 0 Å². The zero-order chi connectivity index (χ0) is 9.97. The Labute approximate surface area is 87.3 Å². The summed E-state index contributed by atoms with van der Waals surface area (Å²) < 4.78 is 0. The first-order valence-electron chi connectivity index (χ1n) is 5.90. The molecule has 0 aromatic heterocycles. The molecule has 0 heterocycles. The van der Waals surface area contributed by atoms with Gasteiger partial charge in [-0.15, -0.1) is 0 Å². The molecule has 1 aromatic rings. The van der Waals surface area contributed by atoms with Crippen molar-refractivity contribution in [2.45, 2.75) is 51.9 Å². The summed E-state index contributed by atoms with van der Waals surface area (Å²) in [5, 5.41) is 0. The Morgan fingerprint density at radius 3 is 2.50 bits per heavy atom. The Bertz CT molecular complexity index is 306. The van der Waals surface area contributed by atoms with Gasteiger partial charge in [0.15, 0.2) is 0 Å². The maximum atomic E-state index is 2.37. The molecule has 1 fully saturated rings. The van der Waals surface area contributed by atoms with Gasteiger partial charge >= 0.3 is 0 Å². The van der Waals surface area contributed by atoms with Gasteiger partial charge in [0.05, 0.1) is 0 Å². The Morgan fingerprint density at radius 2 is 1.93 bits per heavy atom. The van der Waals surface area contributed by atoms with Gasteiger partial charge in [0.25, 0.3) is 0 Å². The molecular formula is C14H20. The molecule has 0 heteroatoms. The topological polar surface area (TPSA) is 0 Å². The van der Waals surface area contributed by atoms with Crippen LogP contribution in [-0.2, 0) is 6.42 Å². The predicted molar refractivity (Wildman–Crippen MR) is 61.8 cm³/mol. The van der Waals surface area contributed by atoms with Crippen LogP contribution in [-0.4, -0.2) is 0 Å². The number of benzene rings is 1. The van der Waals surface area contributed by atoms with Crippen LogP contribution in [0.4, 0.5) is 0 Å². The summed E-state index contributed by atoms with van der Waals surface area (Å²) in [7, 11) is 0. The number of rotatable bonds is 2. The zero-order valence-electron chi connectivity index (χ0n) is 9.34. The van der Waals surface area contributed by atoms with Crippen LogP contribution in [0.1, 0.15) is 55.2 Å². The SMILES string of the molecule is CCc1ccc(C2CCCC2)c(C)c1. The molecule has 1 saturated carbocycles. The van der Waals surface area contributed by atoms with Crippen LogP contribution in [0.3, 0.4) is 0 Å². The number of hydrogen-bond acceptors (Lipinski definition) is 0. The lowest BCUT2D eigenvalue weighted by Gasteiger charge is -2.13. The fourth-order valence-corrected chi connectivity index (χ4v) is 2.65. The van der Waals surface area contributed by atoms with E-state index < -0.39 is 0 Å². The van der Waals surface area contributed by atoms with Gasteiger partial charge in [-0.05, 0) is 48.8 Å². The average molecular weight is 188 g/mol. The molecule has 76 valence electrons. The minimum absolute atomic E-state index is 0.862. The van der Waals surface area contributed by atoms with E-state index in [4.69, 9.17) is 0 Å². The van der Waals surface area contributed by atoms with Gasteiger partial charge in [-0.3, -0.25) is 0 Å². The second-order valence-corrected chi connectivity index (χ2v) is 4.53. The van der Waals surface area contributed by atoms with E-state index in [1.807, 2.05) is 0 Å². The molecule has 14 heavy (non-hydrogen) atoms. The molecule has 2 rings (SSSR count). The van der Waals surface area contributed by atoms with E-state index in [-0.39, 0.29) is 0 Å². The summed E-state index contributed by atoms with van der Waals surface area (Å²) in [4.78, 5) is 0. The summed E-state index contributed by atoms with van der Waals surface area (Å²) in [5.74, 6) is 0.862. The van der Waals surface area contributed by atoms with E-state index in [0.717, 1.165) is 12.3 Å². The van der Waals surface area contributed by atoms with Crippen molar-refractivity contribution in [3.05, 3.63) is 34.9 Å². The molecule has 1 aliphatic rings. The quantitative estimate of drug-likeness (QED) is 0.652. The second kappa shape index (κ2) is 4.16. The molecule has 1 aromatic carbocycles. The summed E-state index contributed by atoms with van der Waals surface area (Å²) in [6, 6.07) is 7.04. The van der Waals surface area contributed by atoms with Crippen LogP contribution in [0.25, 0.3) is 0 Å². The van der Waals surface area contributed by atoms with E-state index >= 15 is 0 Å². The van der Waals surface area contributed by atoms with Crippen LogP contribution in [0, 0.1) is 6.92 Å². The first kappa shape index (κ1) is 9.76. The lowest BCUT2D eigenvalue weighted by atomic mass is 9.92. The lowest BCUT2D eigenvalue weighted by molar-refractivity contribution is 0.717. The fourth-order valence-electron chi connectivity index (χ4n) is 2.65. The van der Waals surface area contributed by atoms with Gasteiger partial charge in [-0.2, -0.15) is 0 Å². The standard InChI is InChI=1S/C14H20/c1-3-12-8-9-14(11(2)10-12)13-6-4-5-7-13/h8-10,13H,3-7H2,1-2H3. The van der Waals surface area contributed by atoms with Gasteiger partial charge in [0.1, 0.15) is 0 Å². The first-order chi connectivity index (χ1) is 6.81.